The number of rotatable bonds is 3. The van der Waals surface area contributed by atoms with E-state index in [1.54, 1.807) is 29.2 Å². The number of amides is 1. The predicted molar refractivity (Wildman–Crippen MR) is 93.7 cm³/mol. The van der Waals surface area contributed by atoms with Crippen molar-refractivity contribution in [3.8, 4) is 5.75 Å². The van der Waals surface area contributed by atoms with E-state index in [2.05, 4.69) is 9.97 Å². The summed E-state index contributed by atoms with van der Waals surface area (Å²) in [6, 6.07) is 9.16. The van der Waals surface area contributed by atoms with Crippen molar-refractivity contribution in [1.82, 2.24) is 14.9 Å². The normalized spacial score (nSPS) is 15.0. The lowest BCUT2D eigenvalue weighted by molar-refractivity contribution is 0.0726. The summed E-state index contributed by atoms with van der Waals surface area (Å²) in [5.41, 5.74) is 2.33. The Morgan fingerprint density at radius 3 is 2.56 bits per heavy atom. The highest BCUT2D eigenvalue weighted by Crippen LogP contribution is 2.20. The van der Waals surface area contributed by atoms with Crippen LogP contribution in [0.25, 0.3) is 0 Å². The molecule has 1 amide bonds. The molecule has 1 aromatic heterocycles. The maximum Gasteiger partial charge on any atom is 0.257 e. The van der Waals surface area contributed by atoms with Gasteiger partial charge in [-0.15, -0.1) is 0 Å². The second-order valence-electron chi connectivity index (χ2n) is 5.88. The van der Waals surface area contributed by atoms with Crippen molar-refractivity contribution in [2.45, 2.75) is 13.8 Å². The first-order valence-corrected chi connectivity index (χ1v) is 8.23. The number of benzene rings is 1. The SMILES string of the molecule is COc1ccccc1C(=O)N1CCON(c2nc(C)cc(C)n2)CC1. The number of carbonyl (C=O) groups excluding carboxylic acids is 1. The van der Waals surface area contributed by atoms with Gasteiger partial charge in [0.25, 0.3) is 5.91 Å². The molecule has 0 radical (unpaired) electrons. The minimum Gasteiger partial charge on any atom is -0.496 e. The monoisotopic (exact) mass is 342 g/mol. The summed E-state index contributed by atoms with van der Waals surface area (Å²) < 4.78 is 5.30. The van der Waals surface area contributed by atoms with Crippen molar-refractivity contribution in [3.05, 3.63) is 47.3 Å². The third-order valence-corrected chi connectivity index (χ3v) is 4.00. The Kier molecular flexibility index (Phi) is 5.14. The van der Waals surface area contributed by atoms with E-state index in [0.717, 1.165) is 11.4 Å². The highest BCUT2D eigenvalue weighted by atomic mass is 16.7. The number of methoxy groups -OCH3 is 1. The first kappa shape index (κ1) is 17.2. The van der Waals surface area contributed by atoms with E-state index in [-0.39, 0.29) is 5.91 Å². The summed E-state index contributed by atoms with van der Waals surface area (Å²) in [6.07, 6.45) is 0. The van der Waals surface area contributed by atoms with Crippen LogP contribution in [0.4, 0.5) is 5.95 Å². The number of nitrogens with zero attached hydrogens (tertiary/aromatic N) is 4. The van der Waals surface area contributed by atoms with E-state index < -0.39 is 0 Å². The third kappa shape index (κ3) is 3.88. The van der Waals surface area contributed by atoms with Crippen LogP contribution in [-0.2, 0) is 4.84 Å². The number of carbonyl (C=O) groups is 1. The van der Waals surface area contributed by atoms with Gasteiger partial charge in [-0.2, -0.15) is 0 Å². The zero-order valence-electron chi connectivity index (χ0n) is 14.7. The molecular weight excluding hydrogens is 320 g/mol. The smallest absolute Gasteiger partial charge is 0.257 e. The van der Waals surface area contributed by atoms with Crippen LogP contribution in [0.2, 0.25) is 0 Å². The summed E-state index contributed by atoms with van der Waals surface area (Å²) in [5.74, 6) is 1.04. The number of para-hydroxylation sites is 1. The van der Waals surface area contributed by atoms with Crippen LogP contribution in [0, 0.1) is 13.8 Å². The number of hydroxylamine groups is 1. The van der Waals surface area contributed by atoms with Crippen LogP contribution in [0.1, 0.15) is 21.7 Å². The van der Waals surface area contributed by atoms with Crippen LogP contribution in [0.5, 0.6) is 5.75 Å². The summed E-state index contributed by atoms with van der Waals surface area (Å²) in [6.45, 7) is 5.76. The molecular formula is C18H22N4O3. The maximum absolute atomic E-state index is 12.8. The molecule has 3 rings (SSSR count). The van der Waals surface area contributed by atoms with E-state index in [1.807, 2.05) is 32.0 Å². The van der Waals surface area contributed by atoms with Gasteiger partial charge >= 0.3 is 0 Å². The summed E-state index contributed by atoms with van der Waals surface area (Å²) in [4.78, 5) is 29.2. The van der Waals surface area contributed by atoms with Gasteiger partial charge in [0.05, 0.1) is 25.8 Å². The van der Waals surface area contributed by atoms with Crippen LogP contribution in [0.15, 0.2) is 30.3 Å². The molecule has 0 bridgehead atoms. The fourth-order valence-electron chi connectivity index (χ4n) is 2.82. The standard InChI is InChI=1S/C18H22N4O3/c1-13-12-14(2)20-18(19-13)22-9-8-21(10-11-25-22)17(23)15-6-4-5-7-16(15)24-3/h4-7,12H,8-11H2,1-3H3. The van der Waals surface area contributed by atoms with Gasteiger partial charge in [-0.25, -0.2) is 15.0 Å². The summed E-state index contributed by atoms with van der Waals surface area (Å²) in [5, 5.41) is 1.66. The molecule has 1 saturated heterocycles. The predicted octanol–water partition coefficient (Wildman–Crippen LogP) is 2.00. The van der Waals surface area contributed by atoms with Gasteiger partial charge in [0.15, 0.2) is 0 Å². The number of ether oxygens (including phenoxy) is 1. The highest BCUT2D eigenvalue weighted by molar-refractivity contribution is 5.97. The third-order valence-electron chi connectivity index (χ3n) is 4.00. The van der Waals surface area contributed by atoms with E-state index in [4.69, 9.17) is 9.57 Å². The van der Waals surface area contributed by atoms with Gasteiger partial charge in [-0.1, -0.05) is 12.1 Å². The number of hydrogen-bond donors (Lipinski definition) is 0. The lowest BCUT2D eigenvalue weighted by atomic mass is 10.1. The Morgan fingerprint density at radius 2 is 1.84 bits per heavy atom. The van der Waals surface area contributed by atoms with Crippen molar-refractivity contribution in [2.75, 3.05) is 38.4 Å². The largest absolute Gasteiger partial charge is 0.496 e. The Bertz CT molecular complexity index is 745. The quantitative estimate of drug-likeness (QED) is 0.850. The molecule has 0 saturated carbocycles. The minimum absolute atomic E-state index is 0.0655. The molecule has 0 N–H and O–H groups in total. The number of anilines is 1. The van der Waals surface area contributed by atoms with Gasteiger partial charge in [0, 0.05) is 24.5 Å². The Morgan fingerprint density at radius 1 is 1.12 bits per heavy atom. The van der Waals surface area contributed by atoms with E-state index in [0.29, 0.717) is 43.5 Å². The molecule has 7 nitrogen and oxygen atoms in total. The lowest BCUT2D eigenvalue weighted by Crippen LogP contribution is -2.36. The second kappa shape index (κ2) is 7.48. The van der Waals surface area contributed by atoms with Gasteiger partial charge in [-0.3, -0.25) is 9.63 Å². The minimum atomic E-state index is -0.0655. The van der Waals surface area contributed by atoms with E-state index in [9.17, 15) is 4.79 Å². The Labute approximate surface area is 147 Å². The molecule has 1 aliphatic heterocycles. The Hall–Kier alpha value is -2.67. The first-order chi connectivity index (χ1) is 12.1. The van der Waals surface area contributed by atoms with Gasteiger partial charge in [-0.05, 0) is 32.0 Å². The van der Waals surface area contributed by atoms with Crippen LogP contribution in [0.3, 0.4) is 0 Å². The molecule has 1 aliphatic rings. The fourth-order valence-corrected chi connectivity index (χ4v) is 2.82. The molecule has 0 unspecified atom stereocenters. The topological polar surface area (TPSA) is 67.8 Å². The Balaban J connectivity index is 1.74. The number of hydrogen-bond acceptors (Lipinski definition) is 6. The van der Waals surface area contributed by atoms with Crippen molar-refractivity contribution in [3.63, 3.8) is 0 Å². The van der Waals surface area contributed by atoms with Gasteiger partial charge in [0.1, 0.15) is 5.75 Å². The fraction of sp³-hybridized carbons (Fsp3) is 0.389. The second-order valence-corrected chi connectivity index (χ2v) is 5.88. The molecule has 7 heteroatoms. The molecule has 2 aromatic rings. The zero-order valence-corrected chi connectivity index (χ0v) is 14.7. The number of aryl methyl sites for hydroxylation is 2. The van der Waals surface area contributed by atoms with Gasteiger partial charge in [0.2, 0.25) is 5.95 Å². The number of aromatic nitrogens is 2. The van der Waals surface area contributed by atoms with Crippen molar-refractivity contribution >= 4 is 11.9 Å². The zero-order chi connectivity index (χ0) is 17.8. The van der Waals surface area contributed by atoms with Gasteiger partial charge < -0.3 is 9.64 Å². The average molecular weight is 342 g/mol. The van der Waals surface area contributed by atoms with Crippen LogP contribution < -0.4 is 9.80 Å². The highest BCUT2D eigenvalue weighted by Gasteiger charge is 2.24. The van der Waals surface area contributed by atoms with Crippen LogP contribution in [-0.4, -0.2) is 54.1 Å². The first-order valence-electron chi connectivity index (χ1n) is 8.23. The lowest BCUT2D eigenvalue weighted by Gasteiger charge is -2.21. The summed E-state index contributed by atoms with van der Waals surface area (Å²) in [7, 11) is 1.57. The van der Waals surface area contributed by atoms with E-state index >= 15 is 0 Å². The summed E-state index contributed by atoms with van der Waals surface area (Å²) >= 11 is 0. The van der Waals surface area contributed by atoms with E-state index in [1.165, 1.54) is 0 Å². The molecule has 0 spiro atoms. The van der Waals surface area contributed by atoms with Crippen molar-refractivity contribution in [1.29, 1.82) is 0 Å². The molecule has 1 aromatic carbocycles. The van der Waals surface area contributed by atoms with Crippen molar-refractivity contribution in [2.24, 2.45) is 0 Å². The van der Waals surface area contributed by atoms with Crippen LogP contribution >= 0.6 is 0 Å². The molecule has 1 fully saturated rings. The molecule has 132 valence electrons. The molecule has 0 atom stereocenters. The molecule has 2 heterocycles. The van der Waals surface area contributed by atoms with Crippen molar-refractivity contribution < 1.29 is 14.4 Å². The molecule has 0 aliphatic carbocycles. The average Bonchev–Trinajstić information content (AvgIpc) is 2.86. The maximum atomic E-state index is 12.8. The molecule has 25 heavy (non-hydrogen) atoms.